The van der Waals surface area contributed by atoms with Gasteiger partial charge in [0.05, 0.1) is 6.61 Å². The van der Waals surface area contributed by atoms with Gasteiger partial charge in [0.2, 0.25) is 5.91 Å². The number of amides is 2. The van der Waals surface area contributed by atoms with Gasteiger partial charge in [-0.25, -0.2) is 0 Å². The molecule has 7 heteroatoms. The fraction of sp³-hybridized carbons (Fsp3) is 0.682. The van der Waals surface area contributed by atoms with Crippen molar-refractivity contribution in [2.75, 3.05) is 26.2 Å². The third kappa shape index (κ3) is 4.82. The van der Waals surface area contributed by atoms with Gasteiger partial charge in [0.1, 0.15) is 11.3 Å². The van der Waals surface area contributed by atoms with E-state index in [1.165, 1.54) is 6.07 Å². The van der Waals surface area contributed by atoms with Crippen molar-refractivity contribution < 1.29 is 14.3 Å². The summed E-state index contributed by atoms with van der Waals surface area (Å²) in [6, 6.07) is 1.50. The van der Waals surface area contributed by atoms with Crippen LogP contribution in [0.15, 0.2) is 10.9 Å². The molecule has 0 spiro atoms. The van der Waals surface area contributed by atoms with E-state index in [2.05, 4.69) is 5.32 Å². The Hall–Kier alpha value is -2.31. The van der Waals surface area contributed by atoms with E-state index >= 15 is 0 Å². The summed E-state index contributed by atoms with van der Waals surface area (Å²) in [4.78, 5) is 39.3. The molecule has 0 atom stereocenters. The number of rotatable bonds is 8. The van der Waals surface area contributed by atoms with Gasteiger partial charge >= 0.3 is 0 Å². The summed E-state index contributed by atoms with van der Waals surface area (Å²) in [5, 5.41) is 3.00. The molecular formula is C22H31N3O4. The van der Waals surface area contributed by atoms with Crippen LogP contribution in [0.5, 0.6) is 5.75 Å². The molecule has 4 rings (SSSR count). The van der Waals surface area contributed by atoms with Crippen LogP contribution in [0.4, 0.5) is 0 Å². The highest BCUT2D eigenvalue weighted by Gasteiger charge is 2.27. The van der Waals surface area contributed by atoms with Gasteiger partial charge in [-0.15, -0.1) is 0 Å². The lowest BCUT2D eigenvalue weighted by Gasteiger charge is -2.19. The first-order valence-corrected chi connectivity index (χ1v) is 11.1. The Balaban J connectivity index is 1.47. The Kier molecular flexibility index (Phi) is 6.21. The molecule has 0 bridgehead atoms. The molecule has 2 aliphatic heterocycles. The predicted octanol–water partition coefficient (Wildman–Crippen LogP) is 2.11. The van der Waals surface area contributed by atoms with Gasteiger partial charge in [-0.2, -0.15) is 0 Å². The van der Waals surface area contributed by atoms with Gasteiger partial charge in [-0.3, -0.25) is 14.4 Å². The monoisotopic (exact) mass is 401 g/mol. The van der Waals surface area contributed by atoms with E-state index in [1.54, 1.807) is 4.57 Å². The molecule has 2 amide bonds. The highest BCUT2D eigenvalue weighted by atomic mass is 16.5. The number of hydrogen-bond donors (Lipinski definition) is 1. The van der Waals surface area contributed by atoms with Crippen LogP contribution in [0.3, 0.4) is 0 Å². The predicted molar refractivity (Wildman–Crippen MR) is 109 cm³/mol. The second kappa shape index (κ2) is 9.01. The standard InChI is InChI=1S/C22H31N3O4/c26-19-7-4-11-24(19)12-5-10-23-22(28)21-17-6-2-1-3-13-25(17)20(27)14-18(21)29-15-16-8-9-16/h14,16H,1-13,15H2,(H,23,28). The number of hydrogen-bond acceptors (Lipinski definition) is 4. The lowest BCUT2D eigenvalue weighted by Crippen LogP contribution is -2.33. The summed E-state index contributed by atoms with van der Waals surface area (Å²) in [7, 11) is 0. The number of pyridine rings is 1. The van der Waals surface area contributed by atoms with Gasteiger partial charge in [0.25, 0.3) is 11.5 Å². The maximum absolute atomic E-state index is 13.1. The smallest absolute Gasteiger partial charge is 0.256 e. The SMILES string of the molecule is O=C(NCCCN1CCCC1=O)c1c(OCC2CC2)cc(=O)n2c1CCCCC2. The Bertz CT molecular complexity index is 828. The van der Waals surface area contributed by atoms with E-state index < -0.39 is 0 Å². The van der Waals surface area contributed by atoms with Crippen molar-refractivity contribution in [2.45, 2.75) is 64.3 Å². The summed E-state index contributed by atoms with van der Waals surface area (Å²) in [6.45, 7) is 3.23. The van der Waals surface area contributed by atoms with Gasteiger partial charge in [0.15, 0.2) is 0 Å². The zero-order valence-electron chi connectivity index (χ0n) is 17.1. The van der Waals surface area contributed by atoms with Crippen molar-refractivity contribution in [1.29, 1.82) is 0 Å². The highest BCUT2D eigenvalue weighted by Crippen LogP contribution is 2.31. The zero-order valence-corrected chi connectivity index (χ0v) is 17.1. The Morgan fingerprint density at radius 3 is 2.72 bits per heavy atom. The molecule has 3 aliphatic rings. The molecule has 1 aromatic rings. The molecular weight excluding hydrogens is 370 g/mol. The van der Waals surface area contributed by atoms with Crippen LogP contribution in [0.1, 0.15) is 67.4 Å². The first kappa shape index (κ1) is 20.0. The molecule has 158 valence electrons. The van der Waals surface area contributed by atoms with Crippen LogP contribution in [-0.2, 0) is 17.8 Å². The van der Waals surface area contributed by atoms with E-state index in [0.29, 0.717) is 49.9 Å². The molecule has 1 N–H and O–H groups in total. The topological polar surface area (TPSA) is 80.6 Å². The van der Waals surface area contributed by atoms with E-state index in [0.717, 1.165) is 63.6 Å². The third-order valence-corrected chi connectivity index (χ3v) is 6.14. The summed E-state index contributed by atoms with van der Waals surface area (Å²) in [5.41, 5.74) is 1.27. The number of nitrogens with zero attached hydrogens (tertiary/aromatic N) is 2. The van der Waals surface area contributed by atoms with Crippen molar-refractivity contribution >= 4 is 11.8 Å². The number of likely N-dealkylation sites (tertiary alicyclic amines) is 1. The van der Waals surface area contributed by atoms with Crippen LogP contribution in [-0.4, -0.2) is 47.5 Å². The average molecular weight is 402 g/mol. The third-order valence-electron chi connectivity index (χ3n) is 6.14. The van der Waals surface area contributed by atoms with Crippen LogP contribution in [0.25, 0.3) is 0 Å². The van der Waals surface area contributed by atoms with Crippen LogP contribution >= 0.6 is 0 Å². The molecule has 1 aromatic heterocycles. The Morgan fingerprint density at radius 1 is 1.10 bits per heavy atom. The molecule has 0 unspecified atom stereocenters. The summed E-state index contributed by atoms with van der Waals surface area (Å²) < 4.78 is 7.70. The second-order valence-electron chi connectivity index (χ2n) is 8.48. The number of carbonyl (C=O) groups is 2. The molecule has 2 fully saturated rings. The number of fused-ring (bicyclic) bond motifs is 1. The average Bonchev–Trinajstić information content (AvgIpc) is 3.49. The zero-order chi connectivity index (χ0) is 20.2. The minimum Gasteiger partial charge on any atom is -0.492 e. The van der Waals surface area contributed by atoms with Gasteiger partial charge < -0.3 is 19.5 Å². The lowest BCUT2D eigenvalue weighted by molar-refractivity contribution is -0.127. The fourth-order valence-electron chi connectivity index (χ4n) is 4.27. The Morgan fingerprint density at radius 2 is 1.97 bits per heavy atom. The summed E-state index contributed by atoms with van der Waals surface area (Å²) in [6.07, 6.45) is 8.32. The molecule has 1 saturated carbocycles. The van der Waals surface area contributed by atoms with Crippen molar-refractivity contribution in [2.24, 2.45) is 5.92 Å². The maximum atomic E-state index is 13.1. The summed E-state index contributed by atoms with van der Waals surface area (Å²) >= 11 is 0. The van der Waals surface area contributed by atoms with Crippen molar-refractivity contribution in [3.63, 3.8) is 0 Å². The van der Waals surface area contributed by atoms with E-state index in [1.807, 2.05) is 4.90 Å². The number of aromatic nitrogens is 1. The van der Waals surface area contributed by atoms with Gasteiger partial charge in [0, 0.05) is 44.4 Å². The van der Waals surface area contributed by atoms with Crippen LogP contribution in [0.2, 0.25) is 0 Å². The first-order valence-electron chi connectivity index (χ1n) is 11.1. The maximum Gasteiger partial charge on any atom is 0.256 e. The van der Waals surface area contributed by atoms with Crippen molar-refractivity contribution in [3.05, 3.63) is 27.7 Å². The molecule has 3 heterocycles. The van der Waals surface area contributed by atoms with E-state index in [-0.39, 0.29) is 17.4 Å². The molecule has 1 aliphatic carbocycles. The second-order valence-corrected chi connectivity index (χ2v) is 8.48. The molecule has 7 nitrogen and oxygen atoms in total. The molecule has 1 saturated heterocycles. The minimum atomic E-state index is -0.172. The molecule has 29 heavy (non-hydrogen) atoms. The Labute approximate surface area is 171 Å². The summed E-state index contributed by atoms with van der Waals surface area (Å²) in [5.74, 6) is 1.02. The number of carbonyl (C=O) groups excluding carboxylic acids is 2. The lowest BCUT2D eigenvalue weighted by atomic mass is 10.1. The van der Waals surface area contributed by atoms with Gasteiger partial charge in [-0.05, 0) is 50.9 Å². The highest BCUT2D eigenvalue weighted by molar-refractivity contribution is 5.98. The van der Waals surface area contributed by atoms with Crippen molar-refractivity contribution in [1.82, 2.24) is 14.8 Å². The normalized spacial score (nSPS) is 19.0. The van der Waals surface area contributed by atoms with Gasteiger partial charge in [-0.1, -0.05) is 6.42 Å². The van der Waals surface area contributed by atoms with Crippen LogP contribution in [0, 0.1) is 5.92 Å². The largest absolute Gasteiger partial charge is 0.492 e. The molecule has 0 aromatic carbocycles. The fourth-order valence-corrected chi connectivity index (χ4v) is 4.27. The molecule has 0 radical (unpaired) electrons. The van der Waals surface area contributed by atoms with Crippen LogP contribution < -0.4 is 15.6 Å². The quantitative estimate of drug-likeness (QED) is 0.677. The first-order chi connectivity index (χ1) is 14.1. The number of ether oxygens (including phenoxy) is 1. The van der Waals surface area contributed by atoms with Crippen molar-refractivity contribution in [3.8, 4) is 5.75 Å². The van der Waals surface area contributed by atoms with E-state index in [9.17, 15) is 14.4 Å². The number of nitrogens with one attached hydrogen (secondary N) is 1. The minimum absolute atomic E-state index is 0.0724. The van der Waals surface area contributed by atoms with E-state index in [4.69, 9.17) is 4.74 Å².